The summed E-state index contributed by atoms with van der Waals surface area (Å²) in [6, 6.07) is 14.0. The summed E-state index contributed by atoms with van der Waals surface area (Å²) in [5.41, 5.74) is 11.9. The highest BCUT2D eigenvalue weighted by Crippen LogP contribution is 2.20. The molecule has 0 aromatic heterocycles. The summed E-state index contributed by atoms with van der Waals surface area (Å²) in [7, 11) is 0. The van der Waals surface area contributed by atoms with Crippen molar-refractivity contribution in [2.75, 3.05) is 18.9 Å². The number of ether oxygens (including phenoxy) is 2. The van der Waals surface area contributed by atoms with Crippen LogP contribution in [-0.4, -0.2) is 19.1 Å². The number of hydrogen-bond donors (Lipinski definition) is 2. The molecule has 0 saturated heterocycles. The molecule has 0 fully saturated rings. The first-order valence-corrected chi connectivity index (χ1v) is 6.17. The summed E-state index contributed by atoms with van der Waals surface area (Å²) >= 11 is 0. The van der Waals surface area contributed by atoms with Gasteiger partial charge in [0.05, 0.1) is 11.3 Å². The Morgan fingerprint density at radius 3 is 2.10 bits per heavy atom. The van der Waals surface area contributed by atoms with E-state index in [-0.39, 0.29) is 0 Å². The van der Waals surface area contributed by atoms with E-state index in [0.717, 1.165) is 0 Å². The molecule has 4 N–H and O–H groups in total. The molecule has 0 unspecified atom stereocenters. The van der Waals surface area contributed by atoms with E-state index >= 15 is 0 Å². The van der Waals surface area contributed by atoms with Crippen molar-refractivity contribution in [1.82, 2.24) is 0 Å². The zero-order chi connectivity index (χ0) is 14.4. The average Bonchev–Trinajstić information content (AvgIpc) is 2.45. The highest BCUT2D eigenvalue weighted by atomic mass is 16.5. The number of amides is 1. The second-order valence-corrected chi connectivity index (χ2v) is 4.10. The topological polar surface area (TPSA) is 87.6 Å². The van der Waals surface area contributed by atoms with Crippen molar-refractivity contribution < 1.29 is 14.3 Å². The molecule has 1 amide bonds. The zero-order valence-corrected chi connectivity index (χ0v) is 10.9. The maximum Gasteiger partial charge on any atom is 0.252 e. The van der Waals surface area contributed by atoms with Crippen LogP contribution in [0.3, 0.4) is 0 Å². The van der Waals surface area contributed by atoms with Crippen LogP contribution in [0.5, 0.6) is 11.5 Å². The molecule has 2 rings (SSSR count). The normalized spacial score (nSPS) is 10.0. The van der Waals surface area contributed by atoms with Crippen molar-refractivity contribution in [3.8, 4) is 11.5 Å². The predicted octanol–water partition coefficient (Wildman–Crippen LogP) is 1.83. The fourth-order valence-corrected chi connectivity index (χ4v) is 1.71. The number of nitrogens with two attached hydrogens (primary N) is 2. The first kappa shape index (κ1) is 13.7. The SMILES string of the molecule is NC(=O)c1ccccc1OCCOc1ccccc1N. The summed E-state index contributed by atoms with van der Waals surface area (Å²) in [6.45, 7) is 0.611. The van der Waals surface area contributed by atoms with Crippen molar-refractivity contribution in [3.63, 3.8) is 0 Å². The van der Waals surface area contributed by atoms with Gasteiger partial charge in [0, 0.05) is 0 Å². The predicted molar refractivity (Wildman–Crippen MR) is 76.8 cm³/mol. The van der Waals surface area contributed by atoms with E-state index in [1.807, 2.05) is 12.1 Å². The maximum absolute atomic E-state index is 11.2. The number of para-hydroxylation sites is 3. The van der Waals surface area contributed by atoms with Gasteiger partial charge in [0.25, 0.3) is 5.91 Å². The van der Waals surface area contributed by atoms with Gasteiger partial charge in [-0.1, -0.05) is 24.3 Å². The second kappa shape index (κ2) is 6.47. The molecule has 104 valence electrons. The Bertz CT molecular complexity index is 599. The lowest BCUT2D eigenvalue weighted by atomic mass is 10.2. The molecule has 0 aliphatic rings. The van der Waals surface area contributed by atoms with Crippen LogP contribution in [0.25, 0.3) is 0 Å². The van der Waals surface area contributed by atoms with Crippen molar-refractivity contribution in [1.29, 1.82) is 0 Å². The van der Waals surface area contributed by atoms with Gasteiger partial charge in [0.15, 0.2) is 0 Å². The smallest absolute Gasteiger partial charge is 0.252 e. The summed E-state index contributed by atoms with van der Waals surface area (Å²) in [5.74, 6) is 0.540. The number of rotatable bonds is 6. The van der Waals surface area contributed by atoms with Crippen LogP contribution in [0.2, 0.25) is 0 Å². The van der Waals surface area contributed by atoms with Gasteiger partial charge in [0.1, 0.15) is 24.7 Å². The van der Waals surface area contributed by atoms with Crippen LogP contribution in [-0.2, 0) is 0 Å². The third-order valence-corrected chi connectivity index (χ3v) is 2.67. The fourth-order valence-electron chi connectivity index (χ4n) is 1.71. The van der Waals surface area contributed by atoms with E-state index in [9.17, 15) is 4.79 Å². The van der Waals surface area contributed by atoms with Gasteiger partial charge in [-0.2, -0.15) is 0 Å². The molecule has 0 saturated carbocycles. The van der Waals surface area contributed by atoms with Gasteiger partial charge in [-0.3, -0.25) is 4.79 Å². The summed E-state index contributed by atoms with van der Waals surface area (Å²) in [6.07, 6.45) is 0. The molecule has 2 aromatic rings. The fraction of sp³-hybridized carbons (Fsp3) is 0.133. The summed E-state index contributed by atoms with van der Waals surface area (Å²) in [4.78, 5) is 11.2. The zero-order valence-electron chi connectivity index (χ0n) is 10.9. The standard InChI is InChI=1S/C15H16N2O3/c16-12-6-2-4-8-14(12)20-10-9-19-13-7-3-1-5-11(13)15(17)18/h1-8H,9-10,16H2,(H2,17,18). The monoisotopic (exact) mass is 272 g/mol. The van der Waals surface area contributed by atoms with Crippen molar-refractivity contribution in [2.45, 2.75) is 0 Å². The number of benzene rings is 2. The molecule has 20 heavy (non-hydrogen) atoms. The van der Waals surface area contributed by atoms with Crippen LogP contribution >= 0.6 is 0 Å². The molecule has 0 aliphatic carbocycles. The molecule has 0 atom stereocenters. The largest absolute Gasteiger partial charge is 0.489 e. The summed E-state index contributed by atoms with van der Waals surface area (Å²) in [5, 5.41) is 0. The Morgan fingerprint density at radius 2 is 1.45 bits per heavy atom. The lowest BCUT2D eigenvalue weighted by Crippen LogP contribution is -2.15. The minimum absolute atomic E-state index is 0.290. The Hall–Kier alpha value is -2.69. The minimum atomic E-state index is -0.520. The molecule has 0 heterocycles. The Morgan fingerprint density at radius 1 is 0.900 bits per heavy atom. The first-order chi connectivity index (χ1) is 9.68. The maximum atomic E-state index is 11.2. The van der Waals surface area contributed by atoms with E-state index in [2.05, 4.69) is 0 Å². The van der Waals surface area contributed by atoms with E-state index in [1.54, 1.807) is 36.4 Å². The molecule has 0 bridgehead atoms. The van der Waals surface area contributed by atoms with Crippen LogP contribution in [0.15, 0.2) is 48.5 Å². The minimum Gasteiger partial charge on any atom is -0.489 e. The van der Waals surface area contributed by atoms with Crippen LogP contribution in [0.1, 0.15) is 10.4 Å². The highest BCUT2D eigenvalue weighted by molar-refractivity contribution is 5.95. The quantitative estimate of drug-likeness (QED) is 0.620. The molecule has 0 radical (unpaired) electrons. The molecule has 5 nitrogen and oxygen atoms in total. The number of nitrogen functional groups attached to an aromatic ring is 1. The van der Waals surface area contributed by atoms with Crippen molar-refractivity contribution in [2.24, 2.45) is 5.73 Å². The van der Waals surface area contributed by atoms with Gasteiger partial charge in [0.2, 0.25) is 0 Å². The lowest BCUT2D eigenvalue weighted by Gasteiger charge is -2.11. The van der Waals surface area contributed by atoms with Gasteiger partial charge >= 0.3 is 0 Å². The Labute approximate surface area is 117 Å². The number of hydrogen-bond acceptors (Lipinski definition) is 4. The van der Waals surface area contributed by atoms with E-state index in [0.29, 0.717) is 36.0 Å². The number of carbonyl (C=O) groups excluding carboxylic acids is 1. The number of carbonyl (C=O) groups is 1. The third kappa shape index (κ3) is 3.41. The first-order valence-electron chi connectivity index (χ1n) is 6.17. The number of anilines is 1. The molecule has 5 heteroatoms. The lowest BCUT2D eigenvalue weighted by molar-refractivity contribution is 0.0995. The van der Waals surface area contributed by atoms with Crippen LogP contribution < -0.4 is 20.9 Å². The van der Waals surface area contributed by atoms with E-state index in [4.69, 9.17) is 20.9 Å². The van der Waals surface area contributed by atoms with Crippen molar-refractivity contribution >= 4 is 11.6 Å². The van der Waals surface area contributed by atoms with Crippen molar-refractivity contribution in [3.05, 3.63) is 54.1 Å². The molecular weight excluding hydrogens is 256 g/mol. The van der Waals surface area contributed by atoms with E-state index < -0.39 is 5.91 Å². The Balaban J connectivity index is 1.88. The summed E-state index contributed by atoms with van der Waals surface area (Å²) < 4.78 is 11.0. The molecular formula is C15H16N2O3. The average molecular weight is 272 g/mol. The molecule has 0 aliphatic heterocycles. The van der Waals surface area contributed by atoms with Gasteiger partial charge in [-0.15, -0.1) is 0 Å². The van der Waals surface area contributed by atoms with Gasteiger partial charge in [-0.25, -0.2) is 0 Å². The Kier molecular flexibility index (Phi) is 4.44. The highest BCUT2D eigenvalue weighted by Gasteiger charge is 2.08. The molecule has 0 spiro atoms. The van der Waals surface area contributed by atoms with Crippen LogP contribution in [0.4, 0.5) is 5.69 Å². The van der Waals surface area contributed by atoms with Gasteiger partial charge < -0.3 is 20.9 Å². The van der Waals surface area contributed by atoms with E-state index in [1.165, 1.54) is 0 Å². The third-order valence-electron chi connectivity index (χ3n) is 2.67. The molecule has 2 aromatic carbocycles. The number of primary amides is 1. The van der Waals surface area contributed by atoms with Crippen LogP contribution in [0, 0.1) is 0 Å². The second-order valence-electron chi connectivity index (χ2n) is 4.10. The van der Waals surface area contributed by atoms with Gasteiger partial charge in [-0.05, 0) is 24.3 Å².